The first-order valence-electron chi connectivity index (χ1n) is 3.88. The van der Waals surface area contributed by atoms with E-state index in [9.17, 15) is 20.2 Å². The molecule has 0 radical (unpaired) electrons. The van der Waals surface area contributed by atoms with E-state index >= 15 is 0 Å². The third-order valence-electron chi connectivity index (χ3n) is 1.34. The van der Waals surface area contributed by atoms with Crippen LogP contribution in [0.3, 0.4) is 0 Å². The lowest BCUT2D eigenvalue weighted by Gasteiger charge is -1.83. The molecule has 0 saturated carbocycles. The molecule has 0 bridgehead atoms. The van der Waals surface area contributed by atoms with Crippen LogP contribution in [-0.4, -0.2) is 29.8 Å². The van der Waals surface area contributed by atoms with Crippen molar-refractivity contribution in [3.8, 4) is 0 Å². The molecule has 0 aliphatic heterocycles. The van der Waals surface area contributed by atoms with Crippen LogP contribution in [0.4, 0.5) is 11.8 Å². The molecular weight excluding hydrogens is 220 g/mol. The van der Waals surface area contributed by atoms with Crippen LogP contribution in [0.1, 0.15) is 0 Å². The molecule has 2 aromatic heterocycles. The van der Waals surface area contributed by atoms with Crippen LogP contribution >= 0.6 is 0 Å². The number of nitrogens with one attached hydrogen (secondary N) is 2. The molecular formula is C6H6N6O4. The number of hydrogen-bond acceptors (Lipinski definition) is 6. The number of nitro groups is 2. The normalized spacial score (nSPS) is 9.00. The second-order valence-corrected chi connectivity index (χ2v) is 2.36. The quantitative estimate of drug-likeness (QED) is 0.567. The predicted molar refractivity (Wildman–Crippen MR) is 50.5 cm³/mol. The van der Waals surface area contributed by atoms with Gasteiger partial charge in [0.2, 0.25) is 0 Å². The molecule has 10 nitrogen and oxygen atoms in total. The topological polar surface area (TPSA) is 144 Å². The first-order chi connectivity index (χ1) is 7.61. The van der Waals surface area contributed by atoms with E-state index in [0.717, 1.165) is 6.20 Å². The summed E-state index contributed by atoms with van der Waals surface area (Å²) >= 11 is 0. The number of H-pyrrole nitrogens is 2. The van der Waals surface area contributed by atoms with Gasteiger partial charge in [-0.3, -0.25) is 0 Å². The molecule has 0 aliphatic rings. The van der Waals surface area contributed by atoms with E-state index in [-0.39, 0.29) is 11.8 Å². The van der Waals surface area contributed by atoms with E-state index in [2.05, 4.69) is 19.9 Å². The van der Waals surface area contributed by atoms with Crippen LogP contribution in [0.25, 0.3) is 0 Å². The van der Waals surface area contributed by atoms with Gasteiger partial charge in [0.05, 0.1) is 6.20 Å². The summed E-state index contributed by atoms with van der Waals surface area (Å²) in [5.41, 5.74) is 0. The van der Waals surface area contributed by atoms with Gasteiger partial charge in [-0.15, -0.1) is 0 Å². The molecule has 2 N–H and O–H groups in total. The summed E-state index contributed by atoms with van der Waals surface area (Å²) in [5.74, 6) is -0.296. The van der Waals surface area contributed by atoms with Crippen LogP contribution in [0.2, 0.25) is 0 Å². The van der Waals surface area contributed by atoms with Gasteiger partial charge in [0.25, 0.3) is 0 Å². The van der Waals surface area contributed by atoms with Crippen molar-refractivity contribution in [3.05, 3.63) is 45.1 Å². The maximum absolute atomic E-state index is 9.80. The van der Waals surface area contributed by atoms with Crippen LogP contribution in [0, 0.1) is 20.2 Å². The maximum Gasteiger partial charge on any atom is 0.432 e. The molecule has 0 spiro atoms. The Labute approximate surface area is 87.7 Å². The summed E-state index contributed by atoms with van der Waals surface area (Å²) in [6.07, 6.45) is 5.15. The molecule has 0 unspecified atom stereocenters. The Morgan fingerprint density at radius 3 is 2.19 bits per heavy atom. The third-order valence-corrected chi connectivity index (χ3v) is 1.34. The van der Waals surface area contributed by atoms with Gasteiger partial charge in [0, 0.05) is 0 Å². The Hall–Kier alpha value is -2.78. The van der Waals surface area contributed by atoms with Crippen molar-refractivity contribution in [2.24, 2.45) is 0 Å². The van der Waals surface area contributed by atoms with Gasteiger partial charge in [0.15, 0.2) is 6.33 Å². The molecule has 0 aromatic carbocycles. The number of aromatic amines is 2. The molecule has 0 saturated heterocycles. The largest absolute Gasteiger partial charge is 0.432 e. The average molecular weight is 226 g/mol. The van der Waals surface area contributed by atoms with Gasteiger partial charge in [-0.2, -0.15) is 0 Å². The van der Waals surface area contributed by atoms with Crippen LogP contribution in [0.15, 0.2) is 24.9 Å². The smallest absolute Gasteiger partial charge is 0.390 e. The number of imidazole rings is 2. The van der Waals surface area contributed by atoms with Gasteiger partial charge >= 0.3 is 11.8 Å². The van der Waals surface area contributed by atoms with Crippen LogP contribution in [-0.2, 0) is 0 Å². The SMILES string of the molecule is O=[N+]([O-])c1cnc[nH]1.O=[N+]([O-])c1ncc[nH]1. The predicted octanol–water partition coefficient (Wildman–Crippen LogP) is 0.636. The van der Waals surface area contributed by atoms with Crippen molar-refractivity contribution in [2.45, 2.75) is 0 Å². The van der Waals surface area contributed by atoms with Crippen molar-refractivity contribution >= 4 is 11.8 Å². The highest BCUT2D eigenvalue weighted by Crippen LogP contribution is 1.99. The van der Waals surface area contributed by atoms with Gasteiger partial charge in [-0.05, 0) is 9.85 Å². The summed E-state index contributed by atoms with van der Waals surface area (Å²) in [4.78, 5) is 29.9. The maximum atomic E-state index is 9.80. The standard InChI is InChI=1S/2C3H3N3O2/c7-6(8)3-1-4-2-5-3;7-6(8)3-4-1-2-5-3/h2*1-2H,(H,4,5). The number of aromatic nitrogens is 4. The minimum atomic E-state index is -0.583. The Kier molecular flexibility index (Phi) is 3.66. The molecule has 84 valence electrons. The summed E-state index contributed by atoms with van der Waals surface area (Å²) < 4.78 is 0. The highest BCUT2D eigenvalue weighted by molar-refractivity contribution is 5.09. The van der Waals surface area contributed by atoms with E-state index in [1.54, 1.807) is 0 Å². The molecule has 2 heterocycles. The fraction of sp³-hybridized carbons (Fsp3) is 0. The second kappa shape index (κ2) is 5.19. The van der Waals surface area contributed by atoms with Gasteiger partial charge < -0.3 is 20.2 Å². The van der Waals surface area contributed by atoms with E-state index in [1.165, 1.54) is 18.7 Å². The van der Waals surface area contributed by atoms with Crippen molar-refractivity contribution in [1.82, 2.24) is 19.9 Å². The average Bonchev–Trinajstić information content (AvgIpc) is 2.93. The fourth-order valence-electron chi connectivity index (χ4n) is 0.705. The Morgan fingerprint density at radius 2 is 1.94 bits per heavy atom. The fourth-order valence-corrected chi connectivity index (χ4v) is 0.705. The summed E-state index contributed by atoms with van der Waals surface area (Å²) in [7, 11) is 0. The second-order valence-electron chi connectivity index (χ2n) is 2.36. The molecule has 0 aliphatic carbocycles. The number of rotatable bonds is 2. The van der Waals surface area contributed by atoms with Gasteiger partial charge in [-0.25, -0.2) is 15.0 Å². The molecule has 10 heteroatoms. The van der Waals surface area contributed by atoms with E-state index < -0.39 is 9.85 Å². The lowest BCUT2D eigenvalue weighted by atomic mass is 10.8. The monoisotopic (exact) mass is 226 g/mol. The summed E-state index contributed by atoms with van der Waals surface area (Å²) in [5, 5.41) is 19.6. The van der Waals surface area contributed by atoms with E-state index in [1.807, 2.05) is 0 Å². The van der Waals surface area contributed by atoms with Gasteiger partial charge in [-0.1, -0.05) is 4.98 Å². The Morgan fingerprint density at radius 1 is 1.19 bits per heavy atom. The molecule has 2 rings (SSSR count). The number of nitrogens with zero attached hydrogens (tertiary/aromatic N) is 4. The van der Waals surface area contributed by atoms with Crippen LogP contribution < -0.4 is 0 Å². The zero-order valence-electron chi connectivity index (χ0n) is 7.73. The summed E-state index contributed by atoms with van der Waals surface area (Å²) in [6, 6.07) is 0. The molecule has 0 atom stereocenters. The first kappa shape index (κ1) is 11.3. The minimum Gasteiger partial charge on any atom is -0.390 e. The van der Waals surface area contributed by atoms with E-state index in [4.69, 9.17) is 0 Å². The molecule has 2 aromatic rings. The first-order valence-corrected chi connectivity index (χ1v) is 3.88. The minimum absolute atomic E-state index is 0.0787. The van der Waals surface area contributed by atoms with Crippen molar-refractivity contribution in [3.63, 3.8) is 0 Å². The summed E-state index contributed by atoms with van der Waals surface area (Å²) in [6.45, 7) is 0. The Balaban J connectivity index is 0.000000160. The van der Waals surface area contributed by atoms with Gasteiger partial charge in [0.1, 0.15) is 12.4 Å². The van der Waals surface area contributed by atoms with E-state index in [0.29, 0.717) is 0 Å². The zero-order chi connectivity index (χ0) is 12.0. The van der Waals surface area contributed by atoms with Crippen molar-refractivity contribution < 1.29 is 9.85 Å². The highest BCUT2D eigenvalue weighted by Gasteiger charge is 2.01. The zero-order valence-corrected chi connectivity index (χ0v) is 7.73. The lowest BCUT2D eigenvalue weighted by molar-refractivity contribution is -0.393. The van der Waals surface area contributed by atoms with Crippen molar-refractivity contribution in [1.29, 1.82) is 0 Å². The van der Waals surface area contributed by atoms with Crippen molar-refractivity contribution in [2.75, 3.05) is 0 Å². The Bertz CT molecular complexity index is 405. The molecule has 0 fully saturated rings. The molecule has 16 heavy (non-hydrogen) atoms. The van der Waals surface area contributed by atoms with Crippen LogP contribution in [0.5, 0.6) is 0 Å². The number of hydrogen-bond donors (Lipinski definition) is 2. The lowest BCUT2D eigenvalue weighted by Crippen LogP contribution is -1.88. The molecule has 0 amide bonds. The highest BCUT2D eigenvalue weighted by atomic mass is 16.6. The third kappa shape index (κ3) is 3.17.